The second-order valence-electron chi connectivity index (χ2n) is 7.48. The van der Waals surface area contributed by atoms with Crippen molar-refractivity contribution in [2.45, 2.75) is 31.2 Å². The highest BCUT2D eigenvalue weighted by molar-refractivity contribution is 7.92. The van der Waals surface area contributed by atoms with Gasteiger partial charge in [0.1, 0.15) is 5.82 Å². The van der Waals surface area contributed by atoms with E-state index in [2.05, 4.69) is 5.32 Å². The molecule has 1 aliphatic heterocycles. The lowest BCUT2D eigenvalue weighted by Gasteiger charge is -2.24. The quantitative estimate of drug-likeness (QED) is 0.669. The van der Waals surface area contributed by atoms with Crippen LogP contribution in [0.25, 0.3) is 0 Å². The first kappa shape index (κ1) is 20.1. The van der Waals surface area contributed by atoms with Crippen LogP contribution < -0.4 is 9.62 Å². The van der Waals surface area contributed by atoms with E-state index in [9.17, 15) is 17.6 Å². The molecule has 5 nitrogen and oxygen atoms in total. The lowest BCUT2D eigenvalue weighted by Crippen LogP contribution is -2.35. The van der Waals surface area contributed by atoms with Crippen LogP contribution in [0.4, 0.5) is 15.8 Å². The highest BCUT2D eigenvalue weighted by Crippen LogP contribution is 2.37. The third-order valence-corrected chi connectivity index (χ3v) is 7.10. The zero-order chi connectivity index (χ0) is 21.5. The van der Waals surface area contributed by atoms with Gasteiger partial charge in [0, 0.05) is 17.3 Å². The molecule has 1 aliphatic rings. The number of halogens is 1. The molecule has 0 saturated carbocycles. The first-order chi connectivity index (χ1) is 14.3. The van der Waals surface area contributed by atoms with Crippen LogP contribution in [-0.4, -0.2) is 20.4 Å². The van der Waals surface area contributed by atoms with Gasteiger partial charge in [0.2, 0.25) is 0 Å². The van der Waals surface area contributed by atoms with Crippen LogP contribution in [-0.2, 0) is 16.4 Å². The Labute approximate surface area is 175 Å². The van der Waals surface area contributed by atoms with Crippen LogP contribution in [0.15, 0.2) is 71.6 Å². The summed E-state index contributed by atoms with van der Waals surface area (Å²) in [5.74, 6) is -0.816. The number of benzene rings is 3. The maximum absolute atomic E-state index is 13.3. The lowest BCUT2D eigenvalue weighted by atomic mass is 10.1. The predicted octanol–water partition coefficient (Wildman–Crippen LogP) is 4.53. The summed E-state index contributed by atoms with van der Waals surface area (Å²) < 4.78 is 41.2. The van der Waals surface area contributed by atoms with Gasteiger partial charge in [0.15, 0.2) is 0 Å². The molecule has 0 aromatic heterocycles. The Morgan fingerprint density at radius 2 is 1.80 bits per heavy atom. The maximum atomic E-state index is 13.3. The molecule has 4 rings (SSSR count). The largest absolute Gasteiger partial charge is 0.322 e. The molecule has 0 radical (unpaired) electrons. The molecule has 1 N–H and O–H groups in total. The summed E-state index contributed by atoms with van der Waals surface area (Å²) in [6.07, 6.45) is 0.501. The Morgan fingerprint density at radius 3 is 2.50 bits per heavy atom. The standard InChI is InChI=1S/C23H21FN2O3S/c1-15-6-9-21(10-7-15)30(28,29)26-16(2)12-18-13-17(8-11-22(18)26)23(27)25-20-5-3-4-19(24)14-20/h3-11,13-14,16H,12H2,1-2H3,(H,25,27)/t16-/m0/s1. The van der Waals surface area contributed by atoms with Crippen LogP contribution in [0.1, 0.15) is 28.4 Å². The fourth-order valence-corrected chi connectivity index (χ4v) is 5.40. The Hall–Kier alpha value is -3.19. The van der Waals surface area contributed by atoms with E-state index in [1.165, 1.54) is 22.5 Å². The van der Waals surface area contributed by atoms with Crippen LogP contribution >= 0.6 is 0 Å². The van der Waals surface area contributed by atoms with Gasteiger partial charge in [-0.2, -0.15) is 0 Å². The van der Waals surface area contributed by atoms with Gasteiger partial charge >= 0.3 is 0 Å². The Morgan fingerprint density at radius 1 is 1.07 bits per heavy atom. The maximum Gasteiger partial charge on any atom is 0.264 e. The van der Waals surface area contributed by atoms with Gasteiger partial charge in [-0.15, -0.1) is 0 Å². The smallest absolute Gasteiger partial charge is 0.264 e. The highest BCUT2D eigenvalue weighted by atomic mass is 32.2. The van der Waals surface area contributed by atoms with Crippen molar-refractivity contribution in [3.05, 3.63) is 89.2 Å². The number of hydrogen-bond acceptors (Lipinski definition) is 3. The van der Waals surface area contributed by atoms with E-state index >= 15 is 0 Å². The van der Waals surface area contributed by atoms with E-state index in [1.54, 1.807) is 48.5 Å². The number of nitrogens with zero attached hydrogens (tertiary/aromatic N) is 1. The van der Waals surface area contributed by atoms with Crippen molar-refractivity contribution in [1.29, 1.82) is 0 Å². The van der Waals surface area contributed by atoms with Gasteiger partial charge in [-0.25, -0.2) is 12.8 Å². The van der Waals surface area contributed by atoms with Gasteiger partial charge in [0.25, 0.3) is 15.9 Å². The minimum atomic E-state index is -3.71. The molecule has 1 atom stereocenters. The zero-order valence-corrected chi connectivity index (χ0v) is 17.4. The van der Waals surface area contributed by atoms with Crippen molar-refractivity contribution in [2.75, 3.05) is 9.62 Å². The average Bonchev–Trinajstić information content (AvgIpc) is 3.03. The number of carbonyl (C=O) groups excluding carboxylic acids is 1. The number of fused-ring (bicyclic) bond motifs is 1. The van der Waals surface area contributed by atoms with Gasteiger partial charge < -0.3 is 5.32 Å². The SMILES string of the molecule is Cc1ccc(S(=O)(=O)N2c3ccc(C(=O)Nc4cccc(F)c4)cc3C[C@@H]2C)cc1. The molecule has 3 aromatic carbocycles. The summed E-state index contributed by atoms with van der Waals surface area (Å²) in [4.78, 5) is 12.8. The number of anilines is 2. The van der Waals surface area contributed by atoms with Crippen LogP contribution in [0.3, 0.4) is 0 Å². The summed E-state index contributed by atoms with van der Waals surface area (Å²) >= 11 is 0. The number of nitrogens with one attached hydrogen (secondary N) is 1. The van der Waals surface area contributed by atoms with Crippen molar-refractivity contribution in [3.63, 3.8) is 0 Å². The highest BCUT2D eigenvalue weighted by Gasteiger charge is 2.36. The second-order valence-corrected chi connectivity index (χ2v) is 9.29. The summed E-state index contributed by atoms with van der Waals surface area (Å²) in [7, 11) is -3.71. The summed E-state index contributed by atoms with van der Waals surface area (Å²) in [5.41, 5.74) is 3.09. The molecular formula is C23H21FN2O3S. The molecule has 0 bridgehead atoms. The van der Waals surface area contributed by atoms with E-state index in [0.29, 0.717) is 23.4 Å². The van der Waals surface area contributed by atoms with E-state index < -0.39 is 15.8 Å². The molecule has 0 fully saturated rings. The van der Waals surface area contributed by atoms with E-state index in [4.69, 9.17) is 0 Å². The molecule has 0 saturated heterocycles. The fraction of sp³-hybridized carbons (Fsp3) is 0.174. The van der Waals surface area contributed by atoms with Crippen molar-refractivity contribution in [3.8, 4) is 0 Å². The molecular weight excluding hydrogens is 403 g/mol. The van der Waals surface area contributed by atoms with Gasteiger partial charge in [-0.3, -0.25) is 9.10 Å². The molecule has 30 heavy (non-hydrogen) atoms. The Balaban J connectivity index is 1.63. The average molecular weight is 424 g/mol. The van der Waals surface area contributed by atoms with E-state index in [0.717, 1.165) is 11.1 Å². The van der Waals surface area contributed by atoms with Crippen LogP contribution in [0, 0.1) is 12.7 Å². The van der Waals surface area contributed by atoms with Crippen molar-refractivity contribution in [1.82, 2.24) is 0 Å². The topological polar surface area (TPSA) is 66.5 Å². The lowest BCUT2D eigenvalue weighted by molar-refractivity contribution is 0.102. The molecule has 1 heterocycles. The fourth-order valence-electron chi connectivity index (χ4n) is 3.70. The summed E-state index contributed by atoms with van der Waals surface area (Å²) in [6, 6.07) is 17.1. The van der Waals surface area contributed by atoms with E-state index in [-0.39, 0.29) is 16.8 Å². The Kier molecular flexibility index (Phi) is 5.07. The first-order valence-electron chi connectivity index (χ1n) is 9.56. The second kappa shape index (κ2) is 7.57. The van der Waals surface area contributed by atoms with Crippen molar-refractivity contribution < 1.29 is 17.6 Å². The third kappa shape index (κ3) is 3.68. The van der Waals surface area contributed by atoms with Gasteiger partial charge in [0.05, 0.1) is 10.6 Å². The molecule has 154 valence electrons. The number of rotatable bonds is 4. The minimum Gasteiger partial charge on any atom is -0.322 e. The molecule has 3 aromatic rings. The van der Waals surface area contributed by atoms with Crippen LogP contribution in [0.5, 0.6) is 0 Å². The van der Waals surface area contributed by atoms with Crippen molar-refractivity contribution >= 4 is 27.3 Å². The Bertz CT molecular complexity index is 1220. The number of amides is 1. The third-order valence-electron chi connectivity index (χ3n) is 5.16. The zero-order valence-electron chi connectivity index (χ0n) is 16.6. The normalized spacial score (nSPS) is 15.7. The number of aryl methyl sites for hydroxylation is 1. The van der Waals surface area contributed by atoms with Gasteiger partial charge in [-0.05, 0) is 74.4 Å². The molecule has 0 aliphatic carbocycles. The first-order valence-corrected chi connectivity index (χ1v) is 11.0. The molecule has 0 unspecified atom stereocenters. The van der Waals surface area contributed by atoms with Gasteiger partial charge in [-0.1, -0.05) is 23.8 Å². The predicted molar refractivity (Wildman–Crippen MR) is 115 cm³/mol. The van der Waals surface area contributed by atoms with Crippen molar-refractivity contribution in [2.24, 2.45) is 0 Å². The van der Waals surface area contributed by atoms with Crippen LogP contribution in [0.2, 0.25) is 0 Å². The molecule has 7 heteroatoms. The summed E-state index contributed by atoms with van der Waals surface area (Å²) in [5, 5.41) is 2.66. The van der Waals surface area contributed by atoms with E-state index in [1.807, 2.05) is 13.8 Å². The molecule has 0 spiro atoms. The molecule has 1 amide bonds. The summed E-state index contributed by atoms with van der Waals surface area (Å²) in [6.45, 7) is 3.75. The number of carbonyl (C=O) groups is 1. The monoisotopic (exact) mass is 424 g/mol. The number of sulfonamides is 1. The number of hydrogen-bond donors (Lipinski definition) is 1. The minimum absolute atomic E-state index is 0.237.